The highest BCUT2D eigenvalue weighted by molar-refractivity contribution is 6.01. The first kappa shape index (κ1) is 39.8. The van der Waals surface area contributed by atoms with Crippen molar-refractivity contribution in [2.45, 2.75) is 10.8 Å². The Labute approximate surface area is 413 Å². The molecule has 2 aliphatic carbocycles. The summed E-state index contributed by atoms with van der Waals surface area (Å²) in [6.45, 7) is 0. The molecule has 11 aromatic carbocycles. The van der Waals surface area contributed by atoms with Crippen LogP contribution < -0.4 is 14.4 Å². The smallest absolute Gasteiger partial charge is 0.132 e. The van der Waals surface area contributed by atoms with Gasteiger partial charge in [0.2, 0.25) is 0 Å². The van der Waals surface area contributed by atoms with Crippen molar-refractivity contribution in [1.82, 2.24) is 0 Å². The van der Waals surface area contributed by atoms with Gasteiger partial charge in [0.05, 0.1) is 16.5 Å². The standard InChI is InChI=1S/C68H43NO2/c1-2-20-44(21-3-1)45-22-16-24-47(42-45)69(60-37-19-36-59-66(60)51-27-5-7-30-53(51)68(59)56-33-10-14-40-63(56)71-64-41-15-11-34-57(64)68)48-25-17-23-46(43-48)49-28-18-35-58-65(49)50-26-4-6-29-52(50)67(58)54-31-8-12-38-61(54)70-62-39-13-9-32-55(62)67/h1-43H. The van der Waals surface area contributed by atoms with Gasteiger partial charge < -0.3 is 14.4 Å². The Balaban J connectivity index is 0.984. The summed E-state index contributed by atoms with van der Waals surface area (Å²) in [6.07, 6.45) is 0. The fourth-order valence-electron chi connectivity index (χ4n) is 12.9. The molecule has 0 saturated heterocycles. The normalized spacial score (nSPS) is 14.1. The molecule has 2 spiro atoms. The van der Waals surface area contributed by atoms with E-state index in [-0.39, 0.29) is 0 Å². The van der Waals surface area contributed by atoms with Crippen LogP contribution in [0.5, 0.6) is 23.0 Å². The highest BCUT2D eigenvalue weighted by Gasteiger charge is 2.53. The Kier molecular flexibility index (Phi) is 8.49. The van der Waals surface area contributed by atoms with Crippen molar-refractivity contribution in [3.05, 3.63) is 305 Å². The average Bonchev–Trinajstić information content (AvgIpc) is 3.90. The first-order chi connectivity index (χ1) is 35.2. The molecule has 0 unspecified atom stereocenters. The lowest BCUT2D eigenvalue weighted by atomic mass is 9.66. The summed E-state index contributed by atoms with van der Waals surface area (Å²) in [5.41, 5.74) is 21.2. The zero-order chi connectivity index (χ0) is 46.7. The molecule has 3 heteroatoms. The lowest BCUT2D eigenvalue weighted by Gasteiger charge is -2.39. The van der Waals surface area contributed by atoms with Crippen molar-refractivity contribution in [3.8, 4) is 67.5 Å². The van der Waals surface area contributed by atoms with Gasteiger partial charge in [0.25, 0.3) is 0 Å². The molecule has 15 rings (SSSR count). The number of ether oxygens (including phenoxy) is 2. The number of hydrogen-bond donors (Lipinski definition) is 0. The topological polar surface area (TPSA) is 21.7 Å². The summed E-state index contributed by atoms with van der Waals surface area (Å²) in [7, 11) is 0. The molecular formula is C68H43NO2. The van der Waals surface area contributed by atoms with E-state index in [1.165, 1.54) is 55.6 Å². The van der Waals surface area contributed by atoms with E-state index in [1.54, 1.807) is 0 Å². The fraction of sp³-hybridized carbons (Fsp3) is 0.0294. The summed E-state index contributed by atoms with van der Waals surface area (Å²) in [5.74, 6) is 3.54. The fourth-order valence-corrected chi connectivity index (χ4v) is 12.9. The van der Waals surface area contributed by atoms with Crippen molar-refractivity contribution in [2.24, 2.45) is 0 Å². The van der Waals surface area contributed by atoms with Gasteiger partial charge in [-0.25, -0.2) is 0 Å². The number of nitrogens with zero attached hydrogens (tertiary/aromatic N) is 1. The molecule has 332 valence electrons. The number of fused-ring (bicyclic) bond motifs is 18. The number of para-hydroxylation sites is 4. The van der Waals surface area contributed by atoms with Crippen LogP contribution in [0.15, 0.2) is 261 Å². The SMILES string of the molecule is c1ccc(-c2cccc(N(c3cccc(-c4cccc5c4-c4ccccc4C54c5ccccc5Oc5ccccc54)c3)c3cccc4c3-c3ccccc3C43c4ccccc4Oc4ccccc43)c2)cc1. The maximum Gasteiger partial charge on any atom is 0.132 e. The summed E-state index contributed by atoms with van der Waals surface area (Å²) in [6, 6.07) is 95.1. The van der Waals surface area contributed by atoms with E-state index in [2.05, 4.69) is 266 Å². The predicted octanol–water partition coefficient (Wildman–Crippen LogP) is 17.4. The molecule has 2 heterocycles. The molecule has 0 N–H and O–H groups in total. The summed E-state index contributed by atoms with van der Waals surface area (Å²) < 4.78 is 13.4. The van der Waals surface area contributed by atoms with Gasteiger partial charge in [0.1, 0.15) is 23.0 Å². The molecule has 0 radical (unpaired) electrons. The van der Waals surface area contributed by atoms with Gasteiger partial charge in [-0.1, -0.05) is 206 Å². The molecule has 2 aliphatic heterocycles. The highest BCUT2D eigenvalue weighted by atomic mass is 16.5. The Bertz CT molecular complexity index is 3890. The van der Waals surface area contributed by atoms with Gasteiger partial charge in [-0.2, -0.15) is 0 Å². The van der Waals surface area contributed by atoms with Crippen LogP contribution in [0.3, 0.4) is 0 Å². The third-order valence-corrected chi connectivity index (χ3v) is 15.6. The second-order valence-electron chi connectivity index (χ2n) is 19.0. The third kappa shape index (κ3) is 5.43. The minimum atomic E-state index is -0.609. The number of anilines is 3. The zero-order valence-electron chi connectivity index (χ0n) is 38.6. The molecule has 71 heavy (non-hydrogen) atoms. The van der Waals surface area contributed by atoms with Gasteiger partial charge in [0, 0.05) is 39.2 Å². The van der Waals surface area contributed by atoms with Crippen molar-refractivity contribution < 1.29 is 9.47 Å². The molecule has 0 saturated carbocycles. The summed E-state index contributed by atoms with van der Waals surface area (Å²) in [5, 5.41) is 0. The second-order valence-corrected chi connectivity index (χ2v) is 19.0. The Morgan fingerprint density at radius 1 is 0.254 bits per heavy atom. The van der Waals surface area contributed by atoms with E-state index in [9.17, 15) is 0 Å². The first-order valence-electron chi connectivity index (χ1n) is 24.5. The molecular weight excluding hydrogens is 863 g/mol. The van der Waals surface area contributed by atoms with E-state index < -0.39 is 10.8 Å². The molecule has 0 fully saturated rings. The predicted molar refractivity (Wildman–Crippen MR) is 287 cm³/mol. The summed E-state index contributed by atoms with van der Waals surface area (Å²) >= 11 is 0. The number of rotatable bonds is 5. The van der Waals surface area contributed by atoms with Gasteiger partial charge in [-0.3, -0.25) is 0 Å². The number of hydrogen-bond acceptors (Lipinski definition) is 3. The molecule has 4 aliphatic rings. The zero-order valence-corrected chi connectivity index (χ0v) is 38.6. The van der Waals surface area contributed by atoms with Crippen molar-refractivity contribution in [1.29, 1.82) is 0 Å². The maximum absolute atomic E-state index is 6.73. The molecule has 0 aromatic heterocycles. The third-order valence-electron chi connectivity index (χ3n) is 15.6. The van der Waals surface area contributed by atoms with Crippen LogP contribution in [-0.2, 0) is 10.8 Å². The Hall–Kier alpha value is -9.18. The van der Waals surface area contributed by atoms with Crippen LogP contribution in [0, 0.1) is 0 Å². The highest BCUT2D eigenvalue weighted by Crippen LogP contribution is 2.66. The quantitative estimate of drug-likeness (QED) is 0.172. The molecule has 11 aromatic rings. The van der Waals surface area contributed by atoms with Gasteiger partial charge in [0.15, 0.2) is 0 Å². The van der Waals surface area contributed by atoms with Crippen LogP contribution in [0.1, 0.15) is 44.5 Å². The van der Waals surface area contributed by atoms with E-state index in [1.807, 2.05) is 0 Å². The van der Waals surface area contributed by atoms with Crippen LogP contribution in [0.4, 0.5) is 17.1 Å². The lowest BCUT2D eigenvalue weighted by Crippen LogP contribution is -2.32. The second kappa shape index (κ2) is 15.2. The van der Waals surface area contributed by atoms with Crippen LogP contribution in [-0.4, -0.2) is 0 Å². The van der Waals surface area contributed by atoms with E-state index in [0.717, 1.165) is 73.4 Å². The molecule has 3 nitrogen and oxygen atoms in total. The van der Waals surface area contributed by atoms with Gasteiger partial charge in [-0.15, -0.1) is 0 Å². The van der Waals surface area contributed by atoms with Crippen molar-refractivity contribution >= 4 is 17.1 Å². The van der Waals surface area contributed by atoms with Crippen LogP contribution >= 0.6 is 0 Å². The maximum atomic E-state index is 6.73. The monoisotopic (exact) mass is 905 g/mol. The van der Waals surface area contributed by atoms with Gasteiger partial charge >= 0.3 is 0 Å². The molecule has 0 atom stereocenters. The van der Waals surface area contributed by atoms with Crippen molar-refractivity contribution in [2.75, 3.05) is 4.90 Å². The lowest BCUT2D eigenvalue weighted by molar-refractivity contribution is 0.436. The van der Waals surface area contributed by atoms with E-state index in [4.69, 9.17) is 9.47 Å². The minimum Gasteiger partial charge on any atom is -0.457 e. The van der Waals surface area contributed by atoms with E-state index in [0.29, 0.717) is 0 Å². The largest absolute Gasteiger partial charge is 0.457 e. The van der Waals surface area contributed by atoms with Crippen LogP contribution in [0.25, 0.3) is 44.5 Å². The minimum absolute atomic E-state index is 0.565. The van der Waals surface area contributed by atoms with Crippen molar-refractivity contribution in [3.63, 3.8) is 0 Å². The molecule has 0 bridgehead atoms. The van der Waals surface area contributed by atoms with Crippen LogP contribution in [0.2, 0.25) is 0 Å². The molecule has 0 amide bonds. The van der Waals surface area contributed by atoms with E-state index >= 15 is 0 Å². The first-order valence-corrected chi connectivity index (χ1v) is 24.5. The summed E-state index contributed by atoms with van der Waals surface area (Å²) in [4.78, 5) is 2.49. The Morgan fingerprint density at radius 3 is 1.17 bits per heavy atom. The number of benzene rings is 11. The average molecular weight is 906 g/mol. The van der Waals surface area contributed by atoms with Gasteiger partial charge in [-0.05, 0) is 116 Å². The Morgan fingerprint density at radius 2 is 0.620 bits per heavy atom.